The van der Waals surface area contributed by atoms with Gasteiger partial charge >= 0.3 is 5.97 Å². The number of ether oxygens (including phenoxy) is 1. The number of methoxy groups -OCH3 is 1. The second kappa shape index (κ2) is 6.15. The maximum absolute atomic E-state index is 11.3. The van der Waals surface area contributed by atoms with Crippen LogP contribution in [-0.2, 0) is 11.3 Å². The number of hydrogen-bond acceptors (Lipinski definition) is 5. The summed E-state index contributed by atoms with van der Waals surface area (Å²) in [6.45, 7) is 2.60. The minimum Gasteiger partial charge on any atom is -0.467 e. The SMILES string of the molecule is COC(=O)c1coc(CN[C@H](C)c2ccncc2)c1. The Labute approximate surface area is 111 Å². The van der Waals surface area contributed by atoms with Crippen molar-refractivity contribution in [3.63, 3.8) is 0 Å². The fraction of sp³-hybridized carbons (Fsp3) is 0.286. The van der Waals surface area contributed by atoms with E-state index in [9.17, 15) is 4.79 Å². The largest absolute Gasteiger partial charge is 0.467 e. The van der Waals surface area contributed by atoms with Crippen LogP contribution in [0.1, 0.15) is 34.6 Å². The van der Waals surface area contributed by atoms with Crippen LogP contribution in [0.25, 0.3) is 0 Å². The van der Waals surface area contributed by atoms with E-state index in [0.717, 1.165) is 5.56 Å². The molecule has 0 radical (unpaired) electrons. The standard InChI is InChI=1S/C14H16N2O3/c1-10(11-3-5-15-6-4-11)16-8-13-7-12(9-19-13)14(17)18-2/h3-7,9-10,16H,8H2,1-2H3/t10-/m1/s1. The minimum atomic E-state index is -0.391. The Hall–Kier alpha value is -2.14. The third-order valence-corrected chi connectivity index (χ3v) is 2.86. The summed E-state index contributed by atoms with van der Waals surface area (Å²) in [5.41, 5.74) is 1.57. The van der Waals surface area contributed by atoms with Crippen LogP contribution in [0.15, 0.2) is 41.3 Å². The van der Waals surface area contributed by atoms with Crippen LogP contribution in [-0.4, -0.2) is 18.1 Å². The van der Waals surface area contributed by atoms with Crippen LogP contribution in [0.4, 0.5) is 0 Å². The Morgan fingerprint density at radius 3 is 2.89 bits per heavy atom. The summed E-state index contributed by atoms with van der Waals surface area (Å²) in [5, 5.41) is 3.31. The van der Waals surface area contributed by atoms with Crippen molar-refractivity contribution in [3.8, 4) is 0 Å². The van der Waals surface area contributed by atoms with E-state index >= 15 is 0 Å². The summed E-state index contributed by atoms with van der Waals surface area (Å²) in [7, 11) is 1.35. The van der Waals surface area contributed by atoms with Gasteiger partial charge in [0.2, 0.25) is 0 Å². The highest BCUT2D eigenvalue weighted by Crippen LogP contribution is 2.13. The highest BCUT2D eigenvalue weighted by atomic mass is 16.5. The van der Waals surface area contributed by atoms with Crippen molar-refractivity contribution in [2.24, 2.45) is 0 Å². The molecule has 1 atom stereocenters. The topological polar surface area (TPSA) is 64.4 Å². The molecule has 0 aliphatic rings. The summed E-state index contributed by atoms with van der Waals surface area (Å²) < 4.78 is 9.92. The Morgan fingerprint density at radius 1 is 1.47 bits per heavy atom. The van der Waals surface area contributed by atoms with Crippen molar-refractivity contribution in [2.75, 3.05) is 7.11 Å². The van der Waals surface area contributed by atoms with Gasteiger partial charge in [-0.3, -0.25) is 4.98 Å². The number of hydrogen-bond donors (Lipinski definition) is 1. The van der Waals surface area contributed by atoms with Gasteiger partial charge in [-0.15, -0.1) is 0 Å². The van der Waals surface area contributed by atoms with Crippen LogP contribution in [0.3, 0.4) is 0 Å². The predicted octanol–water partition coefficient (Wildman–Crippen LogP) is 2.31. The van der Waals surface area contributed by atoms with E-state index in [1.807, 2.05) is 12.1 Å². The molecule has 0 aliphatic carbocycles. The van der Waals surface area contributed by atoms with Gasteiger partial charge in [0.15, 0.2) is 0 Å². The number of nitrogens with zero attached hydrogens (tertiary/aromatic N) is 1. The van der Waals surface area contributed by atoms with Crippen LogP contribution in [0.2, 0.25) is 0 Å². The molecule has 5 nitrogen and oxygen atoms in total. The molecule has 2 aromatic heterocycles. The molecule has 100 valence electrons. The van der Waals surface area contributed by atoms with Gasteiger partial charge in [0.25, 0.3) is 0 Å². The fourth-order valence-electron chi connectivity index (χ4n) is 1.72. The number of rotatable bonds is 5. The third-order valence-electron chi connectivity index (χ3n) is 2.86. The van der Waals surface area contributed by atoms with E-state index in [1.165, 1.54) is 13.4 Å². The first-order valence-corrected chi connectivity index (χ1v) is 5.99. The predicted molar refractivity (Wildman–Crippen MR) is 69.5 cm³/mol. The van der Waals surface area contributed by atoms with E-state index in [0.29, 0.717) is 17.9 Å². The quantitative estimate of drug-likeness (QED) is 0.836. The van der Waals surface area contributed by atoms with Gasteiger partial charge in [0.05, 0.1) is 19.2 Å². The zero-order chi connectivity index (χ0) is 13.7. The lowest BCUT2D eigenvalue weighted by Gasteiger charge is -2.12. The molecule has 0 saturated carbocycles. The van der Waals surface area contributed by atoms with Crippen molar-refractivity contribution in [1.29, 1.82) is 0 Å². The molecule has 2 rings (SSSR count). The molecule has 0 saturated heterocycles. The van der Waals surface area contributed by atoms with Crippen molar-refractivity contribution in [3.05, 3.63) is 53.7 Å². The first-order chi connectivity index (χ1) is 9.20. The van der Waals surface area contributed by atoms with Crippen LogP contribution < -0.4 is 5.32 Å². The van der Waals surface area contributed by atoms with E-state index < -0.39 is 5.97 Å². The number of carbonyl (C=O) groups is 1. The van der Waals surface area contributed by atoms with Gasteiger partial charge in [0.1, 0.15) is 12.0 Å². The molecule has 0 unspecified atom stereocenters. The molecule has 2 heterocycles. The summed E-state index contributed by atoms with van der Waals surface area (Å²) in [5.74, 6) is 0.304. The lowest BCUT2D eigenvalue weighted by molar-refractivity contribution is 0.0600. The molecule has 0 aliphatic heterocycles. The van der Waals surface area contributed by atoms with E-state index in [2.05, 4.69) is 22.0 Å². The maximum atomic E-state index is 11.3. The summed E-state index contributed by atoms with van der Waals surface area (Å²) >= 11 is 0. The highest BCUT2D eigenvalue weighted by Gasteiger charge is 2.11. The van der Waals surface area contributed by atoms with Crippen LogP contribution >= 0.6 is 0 Å². The normalized spacial score (nSPS) is 12.1. The Morgan fingerprint density at radius 2 is 2.21 bits per heavy atom. The molecule has 0 fully saturated rings. The van der Waals surface area contributed by atoms with Crippen LogP contribution in [0, 0.1) is 0 Å². The Bertz CT molecular complexity index is 537. The second-order valence-electron chi connectivity index (χ2n) is 4.18. The number of furan rings is 1. The summed E-state index contributed by atoms with van der Waals surface area (Å²) in [6.07, 6.45) is 4.92. The molecule has 0 amide bonds. The molecule has 5 heteroatoms. The maximum Gasteiger partial charge on any atom is 0.341 e. The van der Waals surface area contributed by atoms with E-state index in [1.54, 1.807) is 18.5 Å². The number of esters is 1. The van der Waals surface area contributed by atoms with Crippen molar-refractivity contribution in [2.45, 2.75) is 19.5 Å². The Balaban J connectivity index is 1.92. The Kier molecular flexibility index (Phi) is 4.30. The average molecular weight is 260 g/mol. The molecule has 1 N–H and O–H groups in total. The third kappa shape index (κ3) is 3.42. The number of nitrogens with one attached hydrogen (secondary N) is 1. The molecule has 2 aromatic rings. The van der Waals surface area contributed by atoms with Gasteiger partial charge in [-0.05, 0) is 30.7 Å². The van der Waals surface area contributed by atoms with Crippen molar-refractivity contribution >= 4 is 5.97 Å². The van der Waals surface area contributed by atoms with Crippen LogP contribution in [0.5, 0.6) is 0 Å². The zero-order valence-electron chi connectivity index (χ0n) is 10.9. The van der Waals surface area contributed by atoms with Gasteiger partial charge < -0.3 is 14.5 Å². The van der Waals surface area contributed by atoms with Gasteiger partial charge in [-0.2, -0.15) is 0 Å². The molecule has 0 spiro atoms. The fourth-order valence-corrected chi connectivity index (χ4v) is 1.72. The lowest BCUT2D eigenvalue weighted by Crippen LogP contribution is -2.17. The average Bonchev–Trinajstić information content (AvgIpc) is 2.93. The molecular formula is C14H16N2O3. The summed E-state index contributed by atoms with van der Waals surface area (Å²) in [4.78, 5) is 15.3. The first-order valence-electron chi connectivity index (χ1n) is 5.99. The summed E-state index contributed by atoms with van der Waals surface area (Å²) in [6, 6.07) is 5.77. The number of pyridine rings is 1. The van der Waals surface area contributed by atoms with Crippen molar-refractivity contribution < 1.29 is 13.9 Å². The monoisotopic (exact) mass is 260 g/mol. The zero-order valence-corrected chi connectivity index (χ0v) is 10.9. The van der Waals surface area contributed by atoms with E-state index in [4.69, 9.17) is 4.42 Å². The van der Waals surface area contributed by atoms with Crippen molar-refractivity contribution in [1.82, 2.24) is 10.3 Å². The van der Waals surface area contributed by atoms with Gasteiger partial charge in [0, 0.05) is 18.4 Å². The molecular weight excluding hydrogens is 244 g/mol. The number of carbonyl (C=O) groups excluding carboxylic acids is 1. The van der Waals surface area contributed by atoms with Gasteiger partial charge in [-0.1, -0.05) is 0 Å². The number of aromatic nitrogens is 1. The van der Waals surface area contributed by atoms with Gasteiger partial charge in [-0.25, -0.2) is 4.79 Å². The molecule has 19 heavy (non-hydrogen) atoms. The molecule has 0 bridgehead atoms. The lowest BCUT2D eigenvalue weighted by atomic mass is 10.1. The van der Waals surface area contributed by atoms with E-state index in [-0.39, 0.29) is 6.04 Å². The molecule has 0 aromatic carbocycles. The smallest absolute Gasteiger partial charge is 0.341 e. The first kappa shape index (κ1) is 13.3. The second-order valence-corrected chi connectivity index (χ2v) is 4.18. The minimum absolute atomic E-state index is 0.176. The highest BCUT2D eigenvalue weighted by molar-refractivity contribution is 5.88.